The molecule has 0 atom stereocenters. The highest BCUT2D eigenvalue weighted by molar-refractivity contribution is 5.63. The summed E-state index contributed by atoms with van der Waals surface area (Å²) in [5, 5.41) is 7.55. The Morgan fingerprint density at radius 1 is 0.970 bits per heavy atom. The van der Waals surface area contributed by atoms with Gasteiger partial charge < -0.3 is 20.3 Å². The van der Waals surface area contributed by atoms with Crippen molar-refractivity contribution in [2.75, 3.05) is 31.3 Å². The maximum Gasteiger partial charge on any atom is 0.259 e. The Bertz CT molecular complexity index is 1200. The molecule has 0 bridgehead atoms. The Labute approximate surface area is 191 Å². The van der Waals surface area contributed by atoms with Gasteiger partial charge in [-0.05, 0) is 36.1 Å². The Morgan fingerprint density at radius 2 is 1.70 bits per heavy atom. The molecule has 0 spiro atoms. The molecule has 3 N–H and O–H groups in total. The van der Waals surface area contributed by atoms with Gasteiger partial charge in [-0.1, -0.05) is 35.8 Å². The average molecular weight is 444 g/mol. The van der Waals surface area contributed by atoms with E-state index in [1.807, 2.05) is 12.1 Å². The van der Waals surface area contributed by atoms with Crippen molar-refractivity contribution in [2.24, 2.45) is 0 Å². The minimum absolute atomic E-state index is 0.229. The number of nitrogens with one attached hydrogen (secondary N) is 1. The number of nitrogens with zero attached hydrogens (tertiary/aromatic N) is 5. The SMILES string of the molecule is COCCNc1ccc(-c2nc(C3(c4ccc(-c5cnc(N)nc5)cc4)CCC3)no2)cn1. The van der Waals surface area contributed by atoms with Crippen molar-refractivity contribution in [1.29, 1.82) is 0 Å². The minimum Gasteiger partial charge on any atom is -0.383 e. The average Bonchev–Trinajstić information content (AvgIpc) is 3.30. The summed E-state index contributed by atoms with van der Waals surface area (Å²) < 4.78 is 10.7. The minimum atomic E-state index is -0.229. The van der Waals surface area contributed by atoms with Gasteiger partial charge in [0.1, 0.15) is 5.82 Å². The highest BCUT2D eigenvalue weighted by Crippen LogP contribution is 2.48. The van der Waals surface area contributed by atoms with Crippen molar-refractivity contribution < 1.29 is 9.26 Å². The molecule has 1 fully saturated rings. The highest BCUT2D eigenvalue weighted by Gasteiger charge is 2.44. The van der Waals surface area contributed by atoms with Crippen LogP contribution in [0.15, 0.2) is 59.5 Å². The van der Waals surface area contributed by atoms with Crippen molar-refractivity contribution >= 4 is 11.8 Å². The van der Waals surface area contributed by atoms with E-state index in [4.69, 9.17) is 20.0 Å². The van der Waals surface area contributed by atoms with Crippen LogP contribution in [0.3, 0.4) is 0 Å². The molecule has 1 saturated carbocycles. The second-order valence-electron chi connectivity index (χ2n) is 8.12. The lowest BCUT2D eigenvalue weighted by atomic mass is 9.64. The molecule has 9 nitrogen and oxygen atoms in total. The van der Waals surface area contributed by atoms with Gasteiger partial charge in [0.2, 0.25) is 5.95 Å². The Balaban J connectivity index is 1.36. The Kier molecular flexibility index (Phi) is 5.70. The van der Waals surface area contributed by atoms with E-state index < -0.39 is 0 Å². The number of anilines is 2. The maximum absolute atomic E-state index is 5.63. The first-order chi connectivity index (χ1) is 16.2. The van der Waals surface area contributed by atoms with Crippen LogP contribution >= 0.6 is 0 Å². The zero-order valence-electron chi connectivity index (χ0n) is 18.4. The van der Waals surface area contributed by atoms with Gasteiger partial charge in [0, 0.05) is 37.8 Å². The lowest BCUT2D eigenvalue weighted by Gasteiger charge is -2.39. The van der Waals surface area contributed by atoms with Gasteiger partial charge in [-0.15, -0.1) is 0 Å². The van der Waals surface area contributed by atoms with E-state index in [0.717, 1.165) is 47.6 Å². The standard InChI is InChI=1S/C24H25N7O2/c1-32-12-11-26-20-8-5-17(13-27-20)21-30-22(31-33-21)24(9-2-10-24)19-6-3-16(4-7-19)18-14-28-23(25)29-15-18/h3-8,13-15H,2,9-12H2,1H3,(H,26,27)(H2,25,28,29). The normalized spacial score (nSPS) is 14.6. The molecule has 1 aliphatic rings. The predicted octanol–water partition coefficient (Wildman–Crippen LogP) is 3.70. The number of rotatable bonds is 8. The molecule has 33 heavy (non-hydrogen) atoms. The largest absolute Gasteiger partial charge is 0.383 e. The lowest BCUT2D eigenvalue weighted by molar-refractivity contribution is 0.210. The molecule has 3 heterocycles. The van der Waals surface area contributed by atoms with Crippen LogP contribution < -0.4 is 11.1 Å². The molecule has 0 unspecified atom stereocenters. The number of benzene rings is 1. The maximum atomic E-state index is 5.63. The number of nitrogens with two attached hydrogens (primary N) is 1. The summed E-state index contributed by atoms with van der Waals surface area (Å²) >= 11 is 0. The van der Waals surface area contributed by atoms with Crippen LogP contribution in [-0.2, 0) is 10.2 Å². The molecule has 168 valence electrons. The fraction of sp³-hybridized carbons (Fsp3) is 0.292. The number of ether oxygens (including phenoxy) is 1. The van der Waals surface area contributed by atoms with Crippen LogP contribution in [0.5, 0.6) is 0 Å². The summed E-state index contributed by atoms with van der Waals surface area (Å²) in [6.45, 7) is 1.31. The molecule has 0 saturated heterocycles. The van der Waals surface area contributed by atoms with Crippen molar-refractivity contribution in [2.45, 2.75) is 24.7 Å². The third-order valence-corrected chi connectivity index (χ3v) is 6.13. The fourth-order valence-corrected chi connectivity index (χ4v) is 4.08. The number of methoxy groups -OCH3 is 1. The molecule has 0 radical (unpaired) electrons. The molecule has 5 rings (SSSR count). The lowest BCUT2D eigenvalue weighted by Crippen LogP contribution is -2.36. The van der Waals surface area contributed by atoms with Crippen LogP contribution in [0.4, 0.5) is 11.8 Å². The van der Waals surface area contributed by atoms with Crippen LogP contribution in [0.2, 0.25) is 0 Å². The predicted molar refractivity (Wildman–Crippen MR) is 124 cm³/mol. The molecule has 3 aromatic heterocycles. The molecule has 1 aromatic carbocycles. The van der Waals surface area contributed by atoms with Gasteiger partial charge in [0.05, 0.1) is 17.6 Å². The second-order valence-corrected chi connectivity index (χ2v) is 8.12. The topological polar surface area (TPSA) is 125 Å². The molecule has 4 aromatic rings. The van der Waals surface area contributed by atoms with E-state index in [1.54, 1.807) is 25.7 Å². The van der Waals surface area contributed by atoms with E-state index in [9.17, 15) is 0 Å². The molecular weight excluding hydrogens is 418 g/mol. The van der Waals surface area contributed by atoms with E-state index in [2.05, 4.69) is 49.7 Å². The van der Waals surface area contributed by atoms with Crippen molar-refractivity contribution in [3.05, 3.63) is 66.4 Å². The van der Waals surface area contributed by atoms with E-state index in [0.29, 0.717) is 19.0 Å². The van der Waals surface area contributed by atoms with E-state index in [-0.39, 0.29) is 11.4 Å². The smallest absolute Gasteiger partial charge is 0.259 e. The third-order valence-electron chi connectivity index (χ3n) is 6.13. The summed E-state index contributed by atoms with van der Waals surface area (Å²) in [6.07, 6.45) is 8.29. The quantitative estimate of drug-likeness (QED) is 0.392. The van der Waals surface area contributed by atoms with Crippen molar-refractivity contribution in [1.82, 2.24) is 25.1 Å². The fourth-order valence-electron chi connectivity index (χ4n) is 4.08. The Morgan fingerprint density at radius 3 is 2.33 bits per heavy atom. The number of hydrogen-bond acceptors (Lipinski definition) is 9. The molecule has 9 heteroatoms. The molecular formula is C24H25N7O2. The van der Waals surface area contributed by atoms with Crippen LogP contribution in [0, 0.1) is 0 Å². The summed E-state index contributed by atoms with van der Waals surface area (Å²) in [5.41, 5.74) is 9.29. The van der Waals surface area contributed by atoms with Crippen LogP contribution in [0.25, 0.3) is 22.6 Å². The summed E-state index contributed by atoms with van der Waals surface area (Å²) in [7, 11) is 1.67. The van der Waals surface area contributed by atoms with Crippen LogP contribution in [0.1, 0.15) is 30.7 Å². The number of pyridine rings is 1. The highest BCUT2D eigenvalue weighted by atomic mass is 16.5. The van der Waals surface area contributed by atoms with Crippen molar-refractivity contribution in [3.63, 3.8) is 0 Å². The first-order valence-electron chi connectivity index (χ1n) is 10.9. The number of aromatic nitrogens is 5. The van der Waals surface area contributed by atoms with Gasteiger partial charge >= 0.3 is 0 Å². The molecule has 0 aliphatic heterocycles. The van der Waals surface area contributed by atoms with E-state index in [1.165, 1.54) is 5.56 Å². The zero-order chi connectivity index (χ0) is 22.7. The van der Waals surface area contributed by atoms with Gasteiger partial charge in [0.25, 0.3) is 5.89 Å². The first kappa shape index (κ1) is 21.0. The second kappa shape index (κ2) is 8.95. The summed E-state index contributed by atoms with van der Waals surface area (Å²) in [6, 6.07) is 12.2. The van der Waals surface area contributed by atoms with Gasteiger partial charge in [-0.2, -0.15) is 4.98 Å². The van der Waals surface area contributed by atoms with Crippen LogP contribution in [-0.4, -0.2) is 45.4 Å². The van der Waals surface area contributed by atoms with Crippen molar-refractivity contribution in [3.8, 4) is 22.6 Å². The number of hydrogen-bond donors (Lipinski definition) is 2. The summed E-state index contributed by atoms with van der Waals surface area (Å²) in [5.74, 6) is 2.24. The van der Waals surface area contributed by atoms with Gasteiger partial charge in [-0.3, -0.25) is 0 Å². The zero-order valence-corrected chi connectivity index (χ0v) is 18.4. The number of nitrogen functional groups attached to an aromatic ring is 1. The third kappa shape index (κ3) is 4.14. The van der Waals surface area contributed by atoms with Gasteiger partial charge in [0.15, 0.2) is 5.82 Å². The monoisotopic (exact) mass is 443 g/mol. The molecule has 0 amide bonds. The first-order valence-corrected chi connectivity index (χ1v) is 10.9. The molecule has 1 aliphatic carbocycles. The van der Waals surface area contributed by atoms with Gasteiger partial charge in [-0.25, -0.2) is 15.0 Å². The summed E-state index contributed by atoms with van der Waals surface area (Å²) in [4.78, 5) is 17.3. The Hall–Kier alpha value is -3.85. The van der Waals surface area contributed by atoms with E-state index >= 15 is 0 Å².